The largest absolute Gasteiger partial charge is 0.354 e. The molecule has 0 saturated carbocycles. The first-order valence-corrected chi connectivity index (χ1v) is 11.8. The number of sulfonamides is 1. The Morgan fingerprint density at radius 2 is 1.70 bits per heavy atom. The van der Waals surface area contributed by atoms with E-state index in [1.54, 1.807) is 6.07 Å². The highest BCUT2D eigenvalue weighted by atomic mass is 32.2. The molecule has 2 aromatic carbocycles. The summed E-state index contributed by atoms with van der Waals surface area (Å²) < 4.78 is 27.5. The van der Waals surface area contributed by atoms with E-state index in [-0.39, 0.29) is 11.8 Å². The molecule has 1 saturated heterocycles. The van der Waals surface area contributed by atoms with Crippen molar-refractivity contribution in [1.29, 1.82) is 0 Å². The summed E-state index contributed by atoms with van der Waals surface area (Å²) in [5.41, 5.74) is 3.01. The molecule has 1 aliphatic heterocycles. The zero-order chi connectivity index (χ0) is 21.7. The lowest BCUT2D eigenvalue weighted by Gasteiger charge is -2.33. The van der Waals surface area contributed by atoms with Crippen LogP contribution >= 0.6 is 0 Å². The molecule has 6 nitrogen and oxygen atoms in total. The lowest BCUT2D eigenvalue weighted by atomic mass is 10.0. The molecular weight excluding hydrogens is 398 g/mol. The van der Waals surface area contributed by atoms with Crippen LogP contribution in [0.3, 0.4) is 0 Å². The predicted octanol–water partition coefficient (Wildman–Crippen LogP) is 2.53. The van der Waals surface area contributed by atoms with Gasteiger partial charge in [0.25, 0.3) is 0 Å². The van der Waals surface area contributed by atoms with Gasteiger partial charge in [-0.3, -0.25) is 9.69 Å². The number of hydrogen-bond donors (Lipinski definition) is 1. The van der Waals surface area contributed by atoms with Gasteiger partial charge in [-0.25, -0.2) is 8.42 Å². The number of nitrogens with zero attached hydrogens (tertiary/aromatic N) is 2. The Morgan fingerprint density at radius 1 is 1.03 bits per heavy atom. The van der Waals surface area contributed by atoms with Crippen LogP contribution in [0, 0.1) is 13.8 Å². The van der Waals surface area contributed by atoms with Gasteiger partial charge in [0.15, 0.2) is 0 Å². The molecule has 0 spiro atoms. The Kier molecular flexibility index (Phi) is 7.28. The van der Waals surface area contributed by atoms with E-state index in [4.69, 9.17) is 0 Å². The molecule has 1 aliphatic rings. The lowest BCUT2D eigenvalue weighted by molar-refractivity contribution is -0.122. The van der Waals surface area contributed by atoms with E-state index in [9.17, 15) is 13.2 Å². The van der Waals surface area contributed by atoms with Gasteiger partial charge in [0.1, 0.15) is 0 Å². The maximum absolute atomic E-state index is 13.0. The number of piperazine rings is 1. The van der Waals surface area contributed by atoms with Gasteiger partial charge >= 0.3 is 0 Å². The van der Waals surface area contributed by atoms with E-state index in [2.05, 4.69) is 24.4 Å². The van der Waals surface area contributed by atoms with Crippen molar-refractivity contribution in [1.82, 2.24) is 14.5 Å². The maximum atomic E-state index is 13.0. The van der Waals surface area contributed by atoms with Gasteiger partial charge < -0.3 is 5.32 Å². The molecule has 0 bridgehead atoms. The molecule has 0 unspecified atom stereocenters. The second-order valence-corrected chi connectivity index (χ2v) is 9.97. The minimum Gasteiger partial charge on any atom is -0.354 e. The molecule has 0 aromatic heterocycles. The second kappa shape index (κ2) is 9.73. The number of benzene rings is 2. The Bertz CT molecular complexity index is 968. The molecule has 2 aromatic rings. The summed E-state index contributed by atoms with van der Waals surface area (Å²) in [4.78, 5) is 14.7. The molecule has 0 radical (unpaired) electrons. The molecule has 7 heteroatoms. The van der Waals surface area contributed by atoms with Gasteiger partial charge in [0.2, 0.25) is 15.9 Å². The van der Waals surface area contributed by atoms with Crippen LogP contribution < -0.4 is 5.32 Å². The fraction of sp³-hybridized carbons (Fsp3) is 0.435. The standard InChI is InChI=1S/C23H31N3O3S/c1-18-9-10-22(19(2)15-18)30(28,29)26-13-11-25(12-14-26)17-23(27)24-16-20(3)21-7-5-4-6-8-21/h4-10,15,20H,11-14,16-17H2,1-3H3,(H,24,27)/t20-/m1/s1. The fourth-order valence-electron chi connectivity index (χ4n) is 3.78. The van der Waals surface area contributed by atoms with E-state index in [1.165, 1.54) is 9.87 Å². The molecule has 1 atom stereocenters. The van der Waals surface area contributed by atoms with Crippen molar-refractivity contribution in [3.05, 3.63) is 65.2 Å². The van der Waals surface area contributed by atoms with Crippen LogP contribution in [0.5, 0.6) is 0 Å². The summed E-state index contributed by atoms with van der Waals surface area (Å²) in [6.07, 6.45) is 0. The molecule has 162 valence electrons. The number of carbonyl (C=O) groups excluding carboxylic acids is 1. The minimum absolute atomic E-state index is 0.0246. The molecule has 1 N–H and O–H groups in total. The van der Waals surface area contributed by atoms with Crippen LogP contribution in [0.15, 0.2) is 53.4 Å². The van der Waals surface area contributed by atoms with Crippen molar-refractivity contribution in [2.75, 3.05) is 39.3 Å². The third kappa shape index (κ3) is 5.47. The van der Waals surface area contributed by atoms with Gasteiger partial charge in [-0.1, -0.05) is 55.0 Å². The highest BCUT2D eigenvalue weighted by molar-refractivity contribution is 7.89. The van der Waals surface area contributed by atoms with Crippen LogP contribution in [0.2, 0.25) is 0 Å². The van der Waals surface area contributed by atoms with E-state index in [1.807, 2.05) is 49.1 Å². The molecule has 1 fully saturated rings. The normalized spacial score (nSPS) is 16.9. The molecule has 1 amide bonds. The third-order valence-corrected chi connectivity index (χ3v) is 7.68. The van der Waals surface area contributed by atoms with Gasteiger partial charge in [0, 0.05) is 32.7 Å². The molecule has 3 rings (SSSR count). The van der Waals surface area contributed by atoms with E-state index >= 15 is 0 Å². The van der Waals surface area contributed by atoms with Gasteiger partial charge in [0.05, 0.1) is 11.4 Å². The van der Waals surface area contributed by atoms with Gasteiger partial charge in [-0.15, -0.1) is 0 Å². The lowest BCUT2D eigenvalue weighted by Crippen LogP contribution is -2.51. The van der Waals surface area contributed by atoms with Crippen molar-refractivity contribution in [2.45, 2.75) is 31.6 Å². The number of amides is 1. The number of hydrogen-bond acceptors (Lipinski definition) is 4. The molecular formula is C23H31N3O3S. The number of carbonyl (C=O) groups is 1. The SMILES string of the molecule is Cc1ccc(S(=O)(=O)N2CCN(CC(=O)NC[C@@H](C)c3ccccc3)CC2)c(C)c1. The average molecular weight is 430 g/mol. The van der Waals surface area contributed by atoms with Crippen LogP contribution in [0.4, 0.5) is 0 Å². The third-order valence-electron chi connectivity index (χ3n) is 5.62. The Morgan fingerprint density at radius 3 is 2.33 bits per heavy atom. The van der Waals surface area contributed by atoms with Crippen molar-refractivity contribution < 1.29 is 13.2 Å². The highest BCUT2D eigenvalue weighted by Gasteiger charge is 2.30. The van der Waals surface area contributed by atoms with Gasteiger partial charge in [-0.05, 0) is 37.0 Å². The molecule has 1 heterocycles. The first-order chi connectivity index (χ1) is 14.3. The summed E-state index contributed by atoms with van der Waals surface area (Å²) in [5.74, 6) is 0.221. The molecule has 0 aliphatic carbocycles. The monoisotopic (exact) mass is 429 g/mol. The summed E-state index contributed by atoms with van der Waals surface area (Å²) in [6.45, 7) is 8.63. The van der Waals surface area contributed by atoms with Crippen molar-refractivity contribution in [2.24, 2.45) is 0 Å². The highest BCUT2D eigenvalue weighted by Crippen LogP contribution is 2.22. The van der Waals surface area contributed by atoms with Crippen LogP contribution in [-0.2, 0) is 14.8 Å². The van der Waals surface area contributed by atoms with E-state index in [0.717, 1.165) is 11.1 Å². The second-order valence-electron chi connectivity index (χ2n) is 8.06. The van der Waals surface area contributed by atoms with Gasteiger partial charge in [-0.2, -0.15) is 4.31 Å². The zero-order valence-electron chi connectivity index (χ0n) is 18.0. The number of aryl methyl sites for hydroxylation is 2. The summed E-state index contributed by atoms with van der Waals surface area (Å²) in [5, 5.41) is 3.00. The van der Waals surface area contributed by atoms with Crippen LogP contribution in [0.1, 0.15) is 29.5 Å². The molecule has 30 heavy (non-hydrogen) atoms. The first-order valence-electron chi connectivity index (χ1n) is 10.4. The smallest absolute Gasteiger partial charge is 0.243 e. The average Bonchev–Trinajstić information content (AvgIpc) is 2.73. The minimum atomic E-state index is -3.51. The zero-order valence-corrected chi connectivity index (χ0v) is 18.8. The Balaban J connectivity index is 1.48. The van der Waals surface area contributed by atoms with E-state index in [0.29, 0.717) is 44.2 Å². The topological polar surface area (TPSA) is 69.7 Å². The first kappa shape index (κ1) is 22.5. The van der Waals surface area contributed by atoms with Crippen molar-refractivity contribution >= 4 is 15.9 Å². The summed E-state index contributed by atoms with van der Waals surface area (Å²) in [7, 11) is -3.51. The Labute approximate surface area is 179 Å². The van der Waals surface area contributed by atoms with Crippen molar-refractivity contribution in [3.8, 4) is 0 Å². The summed E-state index contributed by atoms with van der Waals surface area (Å²) in [6, 6.07) is 15.5. The van der Waals surface area contributed by atoms with Crippen LogP contribution in [0.25, 0.3) is 0 Å². The van der Waals surface area contributed by atoms with Crippen molar-refractivity contribution in [3.63, 3.8) is 0 Å². The predicted molar refractivity (Wildman–Crippen MR) is 119 cm³/mol. The Hall–Kier alpha value is -2.22. The van der Waals surface area contributed by atoms with Crippen LogP contribution in [-0.4, -0.2) is 62.8 Å². The summed E-state index contributed by atoms with van der Waals surface area (Å²) >= 11 is 0. The quantitative estimate of drug-likeness (QED) is 0.734. The maximum Gasteiger partial charge on any atom is 0.243 e. The fourth-order valence-corrected chi connectivity index (χ4v) is 5.41. The van der Waals surface area contributed by atoms with E-state index < -0.39 is 10.0 Å². The number of nitrogens with one attached hydrogen (secondary N) is 1. The number of rotatable bonds is 7.